The smallest absolute Gasteiger partial charge is 0.121 e. The van der Waals surface area contributed by atoms with Crippen LogP contribution in [0.15, 0.2) is 36.4 Å². The van der Waals surface area contributed by atoms with Gasteiger partial charge in [-0.2, -0.15) is 0 Å². The van der Waals surface area contributed by atoms with Crippen molar-refractivity contribution < 1.29 is 4.74 Å². The maximum atomic E-state index is 6.11. The second-order valence-corrected chi connectivity index (χ2v) is 6.23. The van der Waals surface area contributed by atoms with Gasteiger partial charge in [0.2, 0.25) is 0 Å². The van der Waals surface area contributed by atoms with E-state index in [1.54, 1.807) is 0 Å². The Morgan fingerprint density at radius 1 is 0.947 bits per heavy atom. The third-order valence-electron chi connectivity index (χ3n) is 4.96. The van der Waals surface area contributed by atoms with Gasteiger partial charge in [-0.05, 0) is 26.0 Å². The van der Waals surface area contributed by atoms with Crippen LogP contribution in [0.5, 0.6) is 0 Å². The van der Waals surface area contributed by atoms with E-state index < -0.39 is 0 Å². The molecule has 3 heteroatoms. The van der Waals surface area contributed by atoms with Crippen molar-refractivity contribution in [3.63, 3.8) is 0 Å². The number of hydrogen-bond acceptors (Lipinski definition) is 3. The van der Waals surface area contributed by atoms with Crippen LogP contribution in [-0.2, 0) is 4.74 Å². The first-order valence-electron chi connectivity index (χ1n) is 6.78. The molecule has 1 aliphatic heterocycles. The molecule has 1 aromatic heterocycles. The van der Waals surface area contributed by atoms with Crippen LogP contribution in [0.4, 0.5) is 0 Å². The molecule has 0 radical (unpaired) electrons. The molecule has 2 bridgehead atoms. The summed E-state index contributed by atoms with van der Waals surface area (Å²) < 4.78 is 6.11. The minimum absolute atomic E-state index is 0.0690. The summed E-state index contributed by atoms with van der Waals surface area (Å²) in [6.07, 6.45) is 4.51. The Hall–Kier alpha value is -1.74. The fraction of sp³-hybridized carbons (Fsp3) is 0.375. The van der Waals surface area contributed by atoms with Crippen molar-refractivity contribution in [3.8, 4) is 0 Å². The van der Waals surface area contributed by atoms with Crippen molar-refractivity contribution in [2.75, 3.05) is 0 Å². The Kier molecular flexibility index (Phi) is 1.45. The highest BCUT2D eigenvalue weighted by Gasteiger charge is 2.76. The fourth-order valence-electron chi connectivity index (χ4n) is 4.05. The average Bonchev–Trinajstić information content (AvgIpc) is 2.71. The number of epoxide rings is 1. The highest BCUT2D eigenvalue weighted by atomic mass is 16.6. The monoisotopic (exact) mass is 250 g/mol. The summed E-state index contributed by atoms with van der Waals surface area (Å²) in [5, 5.41) is 0. The Balaban J connectivity index is 1.80. The first kappa shape index (κ1) is 10.1. The average molecular weight is 250 g/mol. The Bertz CT molecular complexity index is 710. The molecule has 3 aliphatic rings. The zero-order chi connectivity index (χ0) is 12.8. The molecule has 2 unspecified atom stereocenters. The third kappa shape index (κ3) is 0.942. The van der Waals surface area contributed by atoms with Crippen LogP contribution < -0.4 is 0 Å². The van der Waals surface area contributed by atoms with Crippen molar-refractivity contribution in [1.82, 2.24) is 9.97 Å². The summed E-state index contributed by atoms with van der Waals surface area (Å²) in [5.41, 5.74) is 4.03. The lowest BCUT2D eigenvalue weighted by molar-refractivity contribution is 0.265. The quantitative estimate of drug-likeness (QED) is 0.533. The molecule has 2 atom stereocenters. The first-order valence-corrected chi connectivity index (χ1v) is 6.78. The summed E-state index contributed by atoms with van der Waals surface area (Å²) in [6.45, 7) is 4.34. The van der Waals surface area contributed by atoms with Gasteiger partial charge in [-0.1, -0.05) is 24.3 Å². The van der Waals surface area contributed by atoms with Gasteiger partial charge in [0.05, 0.1) is 39.9 Å². The molecule has 2 aliphatic carbocycles. The summed E-state index contributed by atoms with van der Waals surface area (Å²) in [5.74, 6) is 0.555. The molecular formula is C16H14N2O. The number of rotatable bonds is 0. The minimum Gasteiger partial charge on any atom is -0.361 e. The molecule has 2 heterocycles. The molecule has 1 spiro atoms. The van der Waals surface area contributed by atoms with Gasteiger partial charge in [-0.3, -0.25) is 0 Å². The topological polar surface area (TPSA) is 38.3 Å². The van der Waals surface area contributed by atoms with Gasteiger partial charge in [-0.25, -0.2) is 9.97 Å². The summed E-state index contributed by atoms with van der Waals surface area (Å²) >= 11 is 0. The van der Waals surface area contributed by atoms with E-state index in [1.807, 2.05) is 24.3 Å². The number of ether oxygens (including phenoxy) is 1. The SMILES string of the molecule is CC1(C)OC12C1C=CC2c2nc3ccccc3nc21. The molecule has 1 saturated heterocycles. The second-order valence-electron chi connectivity index (χ2n) is 6.23. The van der Waals surface area contributed by atoms with E-state index >= 15 is 0 Å². The summed E-state index contributed by atoms with van der Waals surface area (Å²) in [6, 6.07) is 8.09. The van der Waals surface area contributed by atoms with Crippen molar-refractivity contribution in [2.24, 2.45) is 0 Å². The number of hydrogen-bond donors (Lipinski definition) is 0. The van der Waals surface area contributed by atoms with Gasteiger partial charge in [-0.15, -0.1) is 0 Å². The molecule has 0 saturated carbocycles. The second kappa shape index (κ2) is 2.73. The molecule has 5 rings (SSSR count). The Morgan fingerprint density at radius 3 is 1.84 bits per heavy atom. The molecule has 0 amide bonds. The predicted octanol–water partition coefficient (Wildman–Crippen LogP) is 2.93. The summed E-state index contributed by atoms with van der Waals surface area (Å²) in [4.78, 5) is 9.69. The molecule has 19 heavy (non-hydrogen) atoms. The zero-order valence-electron chi connectivity index (χ0n) is 10.9. The van der Waals surface area contributed by atoms with Crippen molar-refractivity contribution in [1.29, 1.82) is 0 Å². The lowest BCUT2D eigenvalue weighted by Crippen LogP contribution is -2.24. The van der Waals surface area contributed by atoms with Crippen LogP contribution in [0.1, 0.15) is 37.1 Å². The van der Waals surface area contributed by atoms with Gasteiger partial charge in [0.15, 0.2) is 0 Å². The van der Waals surface area contributed by atoms with Crippen LogP contribution in [-0.4, -0.2) is 21.2 Å². The van der Waals surface area contributed by atoms with Gasteiger partial charge < -0.3 is 4.74 Å². The normalized spacial score (nSPS) is 36.1. The van der Waals surface area contributed by atoms with E-state index in [0.717, 1.165) is 22.4 Å². The van der Waals surface area contributed by atoms with Crippen molar-refractivity contribution in [3.05, 3.63) is 47.8 Å². The predicted molar refractivity (Wildman–Crippen MR) is 72.1 cm³/mol. The van der Waals surface area contributed by atoms with E-state index in [0.29, 0.717) is 0 Å². The van der Waals surface area contributed by atoms with Gasteiger partial charge in [0.25, 0.3) is 0 Å². The van der Waals surface area contributed by atoms with Gasteiger partial charge in [0, 0.05) is 0 Å². The third-order valence-corrected chi connectivity index (χ3v) is 4.96. The van der Waals surface area contributed by atoms with Crippen molar-refractivity contribution in [2.45, 2.75) is 36.9 Å². The molecule has 2 aromatic rings. The molecular weight excluding hydrogens is 236 g/mol. The standard InChI is InChI=1S/C16H14N2O/c1-15(2)16(19-15)9-7-8-10(16)14-13(9)17-11-5-3-4-6-12(11)18-14/h3-10H,1-2H3. The van der Waals surface area contributed by atoms with E-state index in [2.05, 4.69) is 26.0 Å². The summed E-state index contributed by atoms with van der Waals surface area (Å²) in [7, 11) is 0. The minimum atomic E-state index is -0.104. The van der Waals surface area contributed by atoms with E-state index in [-0.39, 0.29) is 23.0 Å². The van der Waals surface area contributed by atoms with Crippen LogP contribution in [0.2, 0.25) is 0 Å². The molecule has 1 fully saturated rings. The van der Waals surface area contributed by atoms with Crippen LogP contribution in [0, 0.1) is 0 Å². The van der Waals surface area contributed by atoms with E-state index in [1.165, 1.54) is 0 Å². The fourth-order valence-corrected chi connectivity index (χ4v) is 4.05. The van der Waals surface area contributed by atoms with E-state index in [9.17, 15) is 0 Å². The Morgan fingerprint density at radius 2 is 1.42 bits per heavy atom. The first-order chi connectivity index (χ1) is 9.13. The lowest BCUT2D eigenvalue weighted by Gasteiger charge is -2.12. The number of benzene rings is 1. The molecule has 1 aromatic carbocycles. The highest BCUT2D eigenvalue weighted by Crippen LogP contribution is 2.70. The largest absolute Gasteiger partial charge is 0.361 e. The molecule has 3 nitrogen and oxygen atoms in total. The molecule has 94 valence electrons. The van der Waals surface area contributed by atoms with Crippen LogP contribution in [0.25, 0.3) is 11.0 Å². The number of para-hydroxylation sites is 2. The van der Waals surface area contributed by atoms with Crippen molar-refractivity contribution >= 4 is 11.0 Å². The maximum Gasteiger partial charge on any atom is 0.121 e. The van der Waals surface area contributed by atoms with E-state index in [4.69, 9.17) is 14.7 Å². The zero-order valence-corrected chi connectivity index (χ0v) is 10.9. The van der Waals surface area contributed by atoms with Gasteiger partial charge >= 0.3 is 0 Å². The highest BCUT2D eigenvalue weighted by molar-refractivity contribution is 5.75. The number of fused-ring (bicyclic) bond motifs is 4. The van der Waals surface area contributed by atoms with Crippen LogP contribution >= 0.6 is 0 Å². The van der Waals surface area contributed by atoms with Crippen LogP contribution in [0.3, 0.4) is 0 Å². The molecule has 0 N–H and O–H groups in total. The lowest BCUT2D eigenvalue weighted by atomic mass is 9.84. The maximum absolute atomic E-state index is 6.11. The number of aromatic nitrogens is 2. The number of nitrogens with zero attached hydrogens (tertiary/aromatic N) is 2. The Labute approximate surface area is 111 Å². The van der Waals surface area contributed by atoms with Gasteiger partial charge in [0.1, 0.15) is 5.60 Å².